The molecule has 11 heteroatoms. The van der Waals surface area contributed by atoms with Crippen LogP contribution >= 0.6 is 0 Å². The van der Waals surface area contributed by atoms with E-state index in [4.69, 9.17) is 13.9 Å². The predicted octanol–water partition coefficient (Wildman–Crippen LogP) is 5.21. The van der Waals surface area contributed by atoms with Crippen molar-refractivity contribution in [2.75, 3.05) is 31.3 Å². The highest BCUT2D eigenvalue weighted by Crippen LogP contribution is 2.38. The van der Waals surface area contributed by atoms with Gasteiger partial charge in [0.1, 0.15) is 35.5 Å². The minimum absolute atomic E-state index is 0.0221. The fourth-order valence-electron chi connectivity index (χ4n) is 4.44. The quantitative estimate of drug-likeness (QED) is 0.322. The molecule has 7 nitrogen and oxygen atoms in total. The molecule has 0 radical (unpaired) electrons. The number of benzene rings is 2. The SMILES string of the molecule is CCOC(=O)[C@H](CC(C)(C)F)N[C@H](c1ccc2c(c1)oc1ccc(N3CCOCC3=O)cc12)C(F)(F)F. The maximum atomic E-state index is 14.3. The summed E-state index contributed by atoms with van der Waals surface area (Å²) in [4.78, 5) is 26.2. The normalized spacial score (nSPS) is 16.8. The molecular weight excluding hydrogens is 496 g/mol. The third-order valence-corrected chi connectivity index (χ3v) is 6.07. The number of halogens is 4. The molecule has 200 valence electrons. The smallest absolute Gasteiger partial charge is 0.407 e. The second-order valence-corrected chi connectivity index (χ2v) is 9.50. The van der Waals surface area contributed by atoms with Crippen LogP contribution in [0.3, 0.4) is 0 Å². The van der Waals surface area contributed by atoms with E-state index >= 15 is 0 Å². The number of ether oxygens (including phenoxy) is 2. The van der Waals surface area contributed by atoms with Crippen molar-refractivity contribution < 1.29 is 41.0 Å². The Morgan fingerprint density at radius 3 is 2.51 bits per heavy atom. The summed E-state index contributed by atoms with van der Waals surface area (Å²) in [6, 6.07) is 5.37. The number of nitrogens with one attached hydrogen (secondary N) is 1. The van der Waals surface area contributed by atoms with Crippen LogP contribution in [0, 0.1) is 0 Å². The molecule has 0 aliphatic carbocycles. The van der Waals surface area contributed by atoms with Crippen molar-refractivity contribution in [1.29, 1.82) is 0 Å². The lowest BCUT2D eigenvalue weighted by atomic mass is 9.97. The Balaban J connectivity index is 1.70. The van der Waals surface area contributed by atoms with E-state index in [1.54, 1.807) is 23.1 Å². The topological polar surface area (TPSA) is 81.0 Å². The van der Waals surface area contributed by atoms with Gasteiger partial charge in [-0.15, -0.1) is 0 Å². The van der Waals surface area contributed by atoms with E-state index < -0.39 is 36.3 Å². The molecule has 1 aliphatic rings. The van der Waals surface area contributed by atoms with Crippen LogP contribution in [0.2, 0.25) is 0 Å². The first-order chi connectivity index (χ1) is 17.4. The number of nitrogens with zero attached hydrogens (tertiary/aromatic N) is 1. The molecule has 1 aromatic heterocycles. The van der Waals surface area contributed by atoms with Crippen molar-refractivity contribution in [3.05, 3.63) is 42.0 Å². The second-order valence-electron chi connectivity index (χ2n) is 9.50. The van der Waals surface area contributed by atoms with Crippen molar-refractivity contribution >= 4 is 39.5 Å². The molecule has 1 saturated heterocycles. The molecule has 1 aliphatic heterocycles. The summed E-state index contributed by atoms with van der Waals surface area (Å²) in [7, 11) is 0. The zero-order chi connectivity index (χ0) is 27.0. The van der Waals surface area contributed by atoms with Gasteiger partial charge in [-0.2, -0.15) is 13.2 Å². The molecule has 2 atom stereocenters. The summed E-state index contributed by atoms with van der Waals surface area (Å²) < 4.78 is 72.7. The Kier molecular flexibility index (Phi) is 7.48. The Bertz CT molecular complexity index is 1300. The summed E-state index contributed by atoms with van der Waals surface area (Å²) in [6.45, 7) is 4.60. The molecule has 3 aromatic rings. The van der Waals surface area contributed by atoms with Crippen molar-refractivity contribution in [3.63, 3.8) is 0 Å². The lowest BCUT2D eigenvalue weighted by Gasteiger charge is -2.29. The van der Waals surface area contributed by atoms with E-state index in [9.17, 15) is 27.2 Å². The molecule has 37 heavy (non-hydrogen) atoms. The van der Waals surface area contributed by atoms with Gasteiger partial charge in [0.05, 0.1) is 13.2 Å². The number of hydrogen-bond donors (Lipinski definition) is 1. The molecule has 2 aromatic carbocycles. The molecule has 0 bridgehead atoms. The molecule has 2 heterocycles. The van der Waals surface area contributed by atoms with E-state index in [0.717, 1.165) is 0 Å². The minimum atomic E-state index is -4.80. The first-order valence-electron chi connectivity index (χ1n) is 11.9. The molecule has 0 spiro atoms. The van der Waals surface area contributed by atoms with Crippen molar-refractivity contribution in [2.45, 2.75) is 51.1 Å². The number of esters is 1. The van der Waals surface area contributed by atoms with Gasteiger partial charge in [0.25, 0.3) is 5.91 Å². The van der Waals surface area contributed by atoms with Crippen molar-refractivity contribution in [1.82, 2.24) is 5.32 Å². The largest absolute Gasteiger partial charge is 0.465 e. The maximum Gasteiger partial charge on any atom is 0.407 e. The summed E-state index contributed by atoms with van der Waals surface area (Å²) in [5.41, 5.74) is -0.839. The highest BCUT2D eigenvalue weighted by Gasteiger charge is 2.44. The maximum absolute atomic E-state index is 14.3. The molecule has 1 amide bonds. The van der Waals surface area contributed by atoms with Gasteiger partial charge in [0.15, 0.2) is 0 Å². The number of amides is 1. The van der Waals surface area contributed by atoms with Gasteiger partial charge in [-0.25, -0.2) is 4.39 Å². The molecule has 4 rings (SSSR count). The van der Waals surface area contributed by atoms with E-state index in [-0.39, 0.29) is 30.3 Å². The zero-order valence-electron chi connectivity index (χ0n) is 20.7. The standard InChI is InChI=1S/C26H28F4N2O5/c1-4-36-24(34)19(13-25(2,3)27)31-23(26(28,29)30)15-5-7-17-18-12-16(32-9-10-35-14-22(32)33)6-8-20(18)37-21(17)11-15/h5-8,11-12,19,23,31H,4,9-10,13-14H2,1-3H3/t19-,23+/m0/s1. The summed E-state index contributed by atoms with van der Waals surface area (Å²) in [5.74, 6) is -1.15. The van der Waals surface area contributed by atoms with E-state index in [0.29, 0.717) is 35.2 Å². The number of carbonyl (C=O) groups is 2. The summed E-state index contributed by atoms with van der Waals surface area (Å²) >= 11 is 0. The fraction of sp³-hybridized carbons (Fsp3) is 0.462. The van der Waals surface area contributed by atoms with Gasteiger partial charge in [-0.3, -0.25) is 14.9 Å². The first kappa shape index (κ1) is 26.9. The minimum Gasteiger partial charge on any atom is -0.465 e. The number of furan rings is 1. The Labute approximate surface area is 210 Å². The first-order valence-corrected chi connectivity index (χ1v) is 11.9. The van der Waals surface area contributed by atoms with Gasteiger partial charge in [0.2, 0.25) is 0 Å². The highest BCUT2D eigenvalue weighted by atomic mass is 19.4. The number of fused-ring (bicyclic) bond motifs is 3. The molecule has 0 unspecified atom stereocenters. The van der Waals surface area contributed by atoms with Crippen LogP contribution in [0.4, 0.5) is 23.2 Å². The van der Waals surface area contributed by atoms with Crippen molar-refractivity contribution in [3.8, 4) is 0 Å². The molecule has 0 saturated carbocycles. The van der Waals surface area contributed by atoms with Crippen LogP contribution in [-0.4, -0.2) is 56.1 Å². The van der Waals surface area contributed by atoms with E-state index in [2.05, 4.69) is 5.32 Å². The number of rotatable bonds is 8. The van der Waals surface area contributed by atoms with Crippen LogP contribution in [0.5, 0.6) is 0 Å². The van der Waals surface area contributed by atoms with Gasteiger partial charge in [0, 0.05) is 29.4 Å². The lowest BCUT2D eigenvalue weighted by Crippen LogP contribution is -2.47. The number of carbonyl (C=O) groups excluding carboxylic acids is 2. The monoisotopic (exact) mass is 524 g/mol. The molecule has 1 fully saturated rings. The fourth-order valence-corrected chi connectivity index (χ4v) is 4.44. The average Bonchev–Trinajstić information content (AvgIpc) is 3.17. The summed E-state index contributed by atoms with van der Waals surface area (Å²) in [6.07, 6.45) is -5.30. The number of anilines is 1. The second kappa shape index (κ2) is 10.3. The zero-order valence-corrected chi connectivity index (χ0v) is 20.7. The predicted molar refractivity (Wildman–Crippen MR) is 129 cm³/mol. The van der Waals surface area contributed by atoms with Crippen LogP contribution in [0.15, 0.2) is 40.8 Å². The van der Waals surface area contributed by atoms with Crippen LogP contribution < -0.4 is 10.2 Å². The van der Waals surface area contributed by atoms with E-state index in [1.807, 2.05) is 0 Å². The van der Waals surface area contributed by atoms with Gasteiger partial charge >= 0.3 is 12.1 Å². The van der Waals surface area contributed by atoms with Crippen LogP contribution in [0.25, 0.3) is 21.9 Å². The van der Waals surface area contributed by atoms with Crippen LogP contribution in [0.1, 0.15) is 38.8 Å². The average molecular weight is 525 g/mol. The highest BCUT2D eigenvalue weighted by molar-refractivity contribution is 6.07. The third kappa shape index (κ3) is 6.04. The lowest BCUT2D eigenvalue weighted by molar-refractivity contribution is -0.165. The number of alkyl halides is 4. The molecular formula is C26H28F4N2O5. The third-order valence-electron chi connectivity index (χ3n) is 6.07. The Morgan fingerprint density at radius 2 is 1.86 bits per heavy atom. The Morgan fingerprint density at radius 1 is 1.11 bits per heavy atom. The Hall–Kier alpha value is -3.18. The summed E-state index contributed by atoms with van der Waals surface area (Å²) in [5, 5.41) is 3.47. The van der Waals surface area contributed by atoms with E-state index in [1.165, 1.54) is 39.0 Å². The van der Waals surface area contributed by atoms with Crippen molar-refractivity contribution in [2.24, 2.45) is 0 Å². The van der Waals surface area contributed by atoms with Gasteiger partial charge in [-0.1, -0.05) is 12.1 Å². The van der Waals surface area contributed by atoms with Gasteiger partial charge in [-0.05, 0) is 50.6 Å². The van der Waals surface area contributed by atoms with Crippen LogP contribution in [-0.2, 0) is 19.1 Å². The number of hydrogen-bond acceptors (Lipinski definition) is 6. The molecule has 1 N–H and O–H groups in total. The number of morpholine rings is 1. The van der Waals surface area contributed by atoms with Gasteiger partial charge < -0.3 is 18.8 Å².